The number of nitrogen functional groups attached to an aromatic ring is 1. The summed E-state index contributed by atoms with van der Waals surface area (Å²) in [6.45, 7) is 1.33. The van der Waals surface area contributed by atoms with E-state index in [1.165, 1.54) is 6.33 Å². The van der Waals surface area contributed by atoms with Crippen molar-refractivity contribution in [3.8, 4) is 5.75 Å². The number of nitrogens with zero attached hydrogens (tertiary/aromatic N) is 4. The number of imidazole rings is 1. The number of hydrogen-bond donors (Lipinski definition) is 2. The number of ether oxygens (including phenoxy) is 2. The molecule has 0 fully saturated rings. The van der Waals surface area contributed by atoms with Crippen molar-refractivity contribution in [1.82, 2.24) is 19.5 Å². The molecular formula is C20H22N6O2. The second-order valence-electron chi connectivity index (χ2n) is 6.59. The quantitative estimate of drug-likeness (QED) is 0.505. The molecule has 144 valence electrons. The van der Waals surface area contributed by atoms with E-state index >= 15 is 0 Å². The van der Waals surface area contributed by atoms with Crippen LogP contribution in [0.5, 0.6) is 5.75 Å². The lowest BCUT2D eigenvalue weighted by Crippen LogP contribution is -2.32. The summed E-state index contributed by atoms with van der Waals surface area (Å²) in [6.07, 6.45) is 3.16. The zero-order valence-electron chi connectivity index (χ0n) is 15.6. The lowest BCUT2D eigenvalue weighted by molar-refractivity contribution is 0.152. The average Bonchev–Trinajstić information content (AvgIpc) is 3.12. The number of methoxy groups -OCH3 is 1. The molecule has 0 aliphatic carbocycles. The van der Waals surface area contributed by atoms with E-state index < -0.39 is 0 Å². The molecule has 0 aliphatic rings. The van der Waals surface area contributed by atoms with Gasteiger partial charge in [-0.2, -0.15) is 0 Å². The molecule has 2 aromatic heterocycles. The van der Waals surface area contributed by atoms with Gasteiger partial charge in [0.05, 0.1) is 25.5 Å². The molecule has 8 nitrogen and oxygen atoms in total. The van der Waals surface area contributed by atoms with Gasteiger partial charge in [0.25, 0.3) is 0 Å². The minimum absolute atomic E-state index is 0.203. The number of anilines is 1. The fraction of sp³-hybridized carbons (Fsp3) is 0.250. The summed E-state index contributed by atoms with van der Waals surface area (Å²) < 4.78 is 13.1. The van der Waals surface area contributed by atoms with Gasteiger partial charge in [-0.1, -0.05) is 30.3 Å². The molecule has 4 N–H and O–H groups in total. The largest absolute Gasteiger partial charge is 0.492 e. The number of hydrogen-bond acceptors (Lipinski definition) is 7. The first-order valence-electron chi connectivity index (χ1n) is 8.96. The predicted octanol–water partition coefficient (Wildman–Crippen LogP) is 1.96. The molecule has 1 unspecified atom stereocenters. The van der Waals surface area contributed by atoms with Gasteiger partial charge in [-0.05, 0) is 16.8 Å². The van der Waals surface area contributed by atoms with Crippen LogP contribution in [0.4, 0.5) is 5.82 Å². The molecule has 8 heteroatoms. The monoisotopic (exact) mass is 378 g/mol. The Balaban J connectivity index is 1.74. The van der Waals surface area contributed by atoms with Gasteiger partial charge in [0.1, 0.15) is 24.2 Å². The number of aromatic nitrogens is 4. The van der Waals surface area contributed by atoms with Crippen LogP contribution < -0.4 is 16.2 Å². The lowest BCUT2D eigenvalue weighted by Gasteiger charge is -2.17. The van der Waals surface area contributed by atoms with Crippen LogP contribution >= 0.6 is 0 Å². The van der Waals surface area contributed by atoms with Crippen LogP contribution in [0.15, 0.2) is 49.1 Å². The first-order chi connectivity index (χ1) is 13.7. The smallest absolute Gasteiger partial charge is 0.165 e. The summed E-state index contributed by atoms with van der Waals surface area (Å²) in [7, 11) is 1.62. The van der Waals surface area contributed by atoms with Gasteiger partial charge in [0, 0.05) is 12.7 Å². The Morgan fingerprint density at radius 1 is 1.07 bits per heavy atom. The maximum atomic E-state index is 6.05. The zero-order valence-corrected chi connectivity index (χ0v) is 15.6. The number of benzene rings is 2. The summed E-state index contributed by atoms with van der Waals surface area (Å²) in [4.78, 5) is 12.7. The Bertz CT molecular complexity index is 1110. The van der Waals surface area contributed by atoms with E-state index in [4.69, 9.17) is 20.9 Å². The maximum absolute atomic E-state index is 6.05. The van der Waals surface area contributed by atoms with Gasteiger partial charge in [0.2, 0.25) is 0 Å². The summed E-state index contributed by atoms with van der Waals surface area (Å²) in [5, 5.41) is 2.23. The van der Waals surface area contributed by atoms with E-state index in [2.05, 4.69) is 27.1 Å². The van der Waals surface area contributed by atoms with Crippen molar-refractivity contribution in [2.75, 3.05) is 26.1 Å². The van der Waals surface area contributed by atoms with Gasteiger partial charge in [-0.15, -0.1) is 0 Å². The third-order valence-electron chi connectivity index (χ3n) is 4.59. The minimum atomic E-state index is -0.203. The van der Waals surface area contributed by atoms with Crippen molar-refractivity contribution < 1.29 is 9.47 Å². The minimum Gasteiger partial charge on any atom is -0.492 e. The number of rotatable bonds is 7. The molecule has 2 heterocycles. The van der Waals surface area contributed by atoms with E-state index in [1.54, 1.807) is 13.4 Å². The molecule has 0 radical (unpaired) electrons. The maximum Gasteiger partial charge on any atom is 0.165 e. The molecule has 0 bridgehead atoms. The Kier molecular flexibility index (Phi) is 5.05. The van der Waals surface area contributed by atoms with Gasteiger partial charge in [-0.3, -0.25) is 0 Å². The van der Waals surface area contributed by atoms with Crippen molar-refractivity contribution in [3.05, 3.63) is 54.6 Å². The molecule has 0 amide bonds. The first kappa shape index (κ1) is 18.1. The van der Waals surface area contributed by atoms with Crippen LogP contribution in [0.1, 0.15) is 5.56 Å². The fourth-order valence-electron chi connectivity index (χ4n) is 3.26. The third-order valence-corrected chi connectivity index (χ3v) is 4.59. The standard InChI is InChI=1S/C20H22N6O2/c1-27-9-14(21)10-28-17-7-6-13-4-2-3-5-15(13)16(17)8-26-12-25-18-19(22)23-11-24-20(18)26/h2-7,11-12,14H,8-10,21H2,1H3,(H2,22,23,24). The van der Waals surface area contributed by atoms with Crippen molar-refractivity contribution in [2.45, 2.75) is 12.6 Å². The van der Waals surface area contributed by atoms with Crippen molar-refractivity contribution >= 4 is 27.8 Å². The molecule has 2 aromatic carbocycles. The molecule has 0 saturated carbocycles. The van der Waals surface area contributed by atoms with E-state index in [1.807, 2.05) is 28.8 Å². The second-order valence-corrected chi connectivity index (χ2v) is 6.59. The van der Waals surface area contributed by atoms with Gasteiger partial charge < -0.3 is 25.5 Å². The van der Waals surface area contributed by atoms with Crippen molar-refractivity contribution in [2.24, 2.45) is 5.73 Å². The van der Waals surface area contributed by atoms with Crippen LogP contribution in [0, 0.1) is 0 Å². The SMILES string of the molecule is COCC(N)COc1ccc2ccccc2c1Cn1cnc2c(N)ncnc21. The Morgan fingerprint density at radius 2 is 1.93 bits per heavy atom. The Morgan fingerprint density at radius 3 is 2.79 bits per heavy atom. The number of nitrogens with two attached hydrogens (primary N) is 2. The van der Waals surface area contributed by atoms with Crippen LogP contribution in [-0.2, 0) is 11.3 Å². The molecule has 4 rings (SSSR count). The van der Waals surface area contributed by atoms with E-state index in [-0.39, 0.29) is 6.04 Å². The highest BCUT2D eigenvalue weighted by Gasteiger charge is 2.14. The number of fused-ring (bicyclic) bond motifs is 2. The Hall–Kier alpha value is -3.23. The molecule has 28 heavy (non-hydrogen) atoms. The fourth-order valence-corrected chi connectivity index (χ4v) is 3.26. The van der Waals surface area contributed by atoms with E-state index in [0.29, 0.717) is 36.7 Å². The van der Waals surface area contributed by atoms with Crippen molar-refractivity contribution in [3.63, 3.8) is 0 Å². The van der Waals surface area contributed by atoms with Crippen LogP contribution in [0.2, 0.25) is 0 Å². The highest BCUT2D eigenvalue weighted by Crippen LogP contribution is 2.30. The van der Waals surface area contributed by atoms with Gasteiger partial charge in [-0.25, -0.2) is 15.0 Å². The average molecular weight is 378 g/mol. The van der Waals surface area contributed by atoms with E-state index in [0.717, 1.165) is 22.1 Å². The van der Waals surface area contributed by atoms with E-state index in [9.17, 15) is 0 Å². The molecule has 0 spiro atoms. The van der Waals surface area contributed by atoms with Crippen molar-refractivity contribution in [1.29, 1.82) is 0 Å². The van der Waals surface area contributed by atoms with Gasteiger partial charge >= 0.3 is 0 Å². The topological polar surface area (TPSA) is 114 Å². The van der Waals surface area contributed by atoms with Crippen LogP contribution in [-0.4, -0.2) is 45.9 Å². The Labute approximate surface area is 162 Å². The molecule has 0 aliphatic heterocycles. The zero-order chi connectivity index (χ0) is 19.5. The molecule has 0 saturated heterocycles. The second kappa shape index (κ2) is 7.79. The third kappa shape index (κ3) is 3.47. The normalized spacial score (nSPS) is 12.5. The molecule has 4 aromatic rings. The van der Waals surface area contributed by atoms with Gasteiger partial charge in [0.15, 0.2) is 11.5 Å². The summed E-state index contributed by atoms with van der Waals surface area (Å²) in [6, 6.07) is 12.0. The van der Waals surface area contributed by atoms with Crippen LogP contribution in [0.3, 0.4) is 0 Å². The van der Waals surface area contributed by atoms with Crippen LogP contribution in [0.25, 0.3) is 21.9 Å². The highest BCUT2D eigenvalue weighted by molar-refractivity contribution is 5.88. The predicted molar refractivity (Wildman–Crippen MR) is 108 cm³/mol. The molecule has 1 atom stereocenters. The summed E-state index contributed by atoms with van der Waals surface area (Å²) >= 11 is 0. The summed E-state index contributed by atoms with van der Waals surface area (Å²) in [5.41, 5.74) is 14.2. The highest BCUT2D eigenvalue weighted by atomic mass is 16.5. The first-order valence-corrected chi connectivity index (χ1v) is 8.96. The molecular weight excluding hydrogens is 356 g/mol. The lowest BCUT2D eigenvalue weighted by atomic mass is 10.0. The summed E-state index contributed by atoms with van der Waals surface area (Å²) in [5.74, 6) is 1.14.